The first-order chi connectivity index (χ1) is 19.7. The number of hydrogen-bond acceptors (Lipinski definition) is 4. The lowest BCUT2D eigenvalue weighted by atomic mass is 10.1. The molecule has 0 spiro atoms. The number of anilines is 1. The maximum Gasteiger partial charge on any atom is 0.329 e. The summed E-state index contributed by atoms with van der Waals surface area (Å²) in [5.41, 5.74) is 8.40. The SMILES string of the molecule is CCOC(=O)[C@H](NNc1ccccc1)[C@@H](c1ccccc1)[P+](c1ccccc1)(c1ccccc1)c1ccccc1. The third-order valence-corrected chi connectivity index (χ3v) is 11.8. The molecule has 0 amide bonds. The Morgan fingerprint density at radius 2 is 1.02 bits per heavy atom. The summed E-state index contributed by atoms with van der Waals surface area (Å²) < 4.78 is 5.77. The molecule has 0 aliphatic heterocycles. The third kappa shape index (κ3) is 5.70. The van der Waals surface area contributed by atoms with Crippen molar-refractivity contribution in [3.8, 4) is 0 Å². The van der Waals surface area contributed by atoms with Crippen LogP contribution in [0.4, 0.5) is 5.69 Å². The van der Waals surface area contributed by atoms with E-state index in [0.717, 1.165) is 11.3 Å². The Morgan fingerprint density at radius 3 is 1.45 bits per heavy atom. The summed E-state index contributed by atoms with van der Waals surface area (Å²) in [5.74, 6) is -0.299. The normalized spacial score (nSPS) is 12.7. The van der Waals surface area contributed by atoms with Gasteiger partial charge in [0.05, 0.1) is 6.61 Å². The minimum Gasteiger partial charge on any atom is -0.465 e. The third-order valence-electron chi connectivity index (χ3n) is 7.05. The first-order valence-electron chi connectivity index (χ1n) is 13.6. The molecule has 0 unspecified atom stereocenters. The van der Waals surface area contributed by atoms with Crippen molar-refractivity contribution in [2.24, 2.45) is 0 Å². The second kappa shape index (κ2) is 13.2. The van der Waals surface area contributed by atoms with Gasteiger partial charge < -0.3 is 10.2 Å². The Balaban J connectivity index is 1.82. The quantitative estimate of drug-likeness (QED) is 0.117. The van der Waals surface area contributed by atoms with Gasteiger partial charge in [0, 0.05) is 5.69 Å². The topological polar surface area (TPSA) is 50.4 Å². The van der Waals surface area contributed by atoms with Crippen LogP contribution in [-0.4, -0.2) is 18.6 Å². The number of rotatable bonds is 11. The van der Waals surface area contributed by atoms with Crippen molar-refractivity contribution in [2.45, 2.75) is 18.6 Å². The number of para-hydroxylation sites is 1. The summed E-state index contributed by atoms with van der Waals surface area (Å²) in [6, 6.07) is 51.4. The molecule has 5 heteroatoms. The van der Waals surface area contributed by atoms with E-state index in [4.69, 9.17) is 4.74 Å². The van der Waals surface area contributed by atoms with Gasteiger partial charge in [-0.1, -0.05) is 103 Å². The molecule has 0 aliphatic rings. The second-order valence-corrected chi connectivity index (χ2v) is 13.0. The molecule has 0 radical (unpaired) electrons. The Morgan fingerprint density at radius 1 is 0.625 bits per heavy atom. The van der Waals surface area contributed by atoms with E-state index in [-0.39, 0.29) is 18.2 Å². The van der Waals surface area contributed by atoms with Crippen LogP contribution in [0.15, 0.2) is 152 Å². The van der Waals surface area contributed by atoms with Gasteiger partial charge in [-0.3, -0.25) is 4.79 Å². The van der Waals surface area contributed by atoms with Gasteiger partial charge in [-0.25, -0.2) is 5.43 Å². The van der Waals surface area contributed by atoms with Crippen LogP contribution in [0, 0.1) is 0 Å². The number of carbonyl (C=O) groups excluding carboxylic acids is 1. The van der Waals surface area contributed by atoms with Crippen molar-refractivity contribution in [1.82, 2.24) is 5.43 Å². The second-order valence-electron chi connectivity index (χ2n) is 9.45. The Bertz CT molecular complexity index is 1370. The maximum atomic E-state index is 14.0. The van der Waals surface area contributed by atoms with Crippen molar-refractivity contribution >= 4 is 34.8 Å². The van der Waals surface area contributed by atoms with Crippen molar-refractivity contribution in [3.05, 3.63) is 157 Å². The summed E-state index contributed by atoms with van der Waals surface area (Å²) in [6.07, 6.45) is 0. The Hall–Kier alpha value is -4.24. The molecule has 2 atom stereocenters. The van der Waals surface area contributed by atoms with Gasteiger partial charge in [0.1, 0.15) is 28.8 Å². The van der Waals surface area contributed by atoms with E-state index in [9.17, 15) is 4.79 Å². The van der Waals surface area contributed by atoms with Crippen molar-refractivity contribution in [3.63, 3.8) is 0 Å². The fourth-order valence-corrected chi connectivity index (χ4v) is 10.4. The minimum atomic E-state index is -2.54. The molecule has 0 heterocycles. The van der Waals surface area contributed by atoms with Crippen LogP contribution in [-0.2, 0) is 9.53 Å². The molecule has 0 saturated carbocycles. The number of carbonyl (C=O) groups is 1. The molecule has 0 saturated heterocycles. The summed E-state index contributed by atoms with van der Waals surface area (Å²) in [6.45, 7) is 2.14. The Kier molecular flexibility index (Phi) is 9.03. The average Bonchev–Trinajstić information content (AvgIpc) is 3.03. The highest BCUT2D eigenvalue weighted by molar-refractivity contribution is 7.96. The first kappa shape index (κ1) is 27.3. The molecule has 0 bridgehead atoms. The van der Waals surface area contributed by atoms with Gasteiger partial charge in [0.25, 0.3) is 0 Å². The number of ether oxygens (including phenoxy) is 1. The highest BCUT2D eigenvalue weighted by Crippen LogP contribution is 2.67. The molecule has 5 aromatic carbocycles. The van der Waals surface area contributed by atoms with Crippen molar-refractivity contribution in [1.29, 1.82) is 0 Å². The molecule has 5 rings (SSSR count). The van der Waals surface area contributed by atoms with Gasteiger partial charge in [-0.2, -0.15) is 0 Å². The lowest BCUT2D eigenvalue weighted by Crippen LogP contribution is -2.50. The lowest BCUT2D eigenvalue weighted by Gasteiger charge is -2.38. The van der Waals surface area contributed by atoms with E-state index in [2.05, 4.69) is 95.8 Å². The van der Waals surface area contributed by atoms with Gasteiger partial charge in [-0.15, -0.1) is 0 Å². The number of benzene rings is 5. The largest absolute Gasteiger partial charge is 0.465 e. The number of esters is 1. The molecule has 2 N–H and O–H groups in total. The van der Waals surface area contributed by atoms with Crippen LogP contribution in [0.3, 0.4) is 0 Å². The fourth-order valence-electron chi connectivity index (χ4n) is 5.39. The van der Waals surface area contributed by atoms with Gasteiger partial charge >= 0.3 is 5.97 Å². The highest BCUT2D eigenvalue weighted by Gasteiger charge is 2.58. The molecule has 4 nitrogen and oxygen atoms in total. The van der Waals surface area contributed by atoms with Gasteiger partial charge in [-0.05, 0) is 61.0 Å². The zero-order valence-corrected chi connectivity index (χ0v) is 23.5. The van der Waals surface area contributed by atoms with E-state index >= 15 is 0 Å². The van der Waals surface area contributed by atoms with E-state index < -0.39 is 13.3 Å². The maximum absolute atomic E-state index is 14.0. The van der Waals surface area contributed by atoms with Crippen LogP contribution in [0.1, 0.15) is 18.1 Å². The molecule has 40 heavy (non-hydrogen) atoms. The van der Waals surface area contributed by atoms with Gasteiger partial charge in [0.2, 0.25) is 0 Å². The number of hydrogen-bond donors (Lipinski definition) is 2. The molecule has 200 valence electrons. The van der Waals surface area contributed by atoms with E-state index in [1.54, 1.807) is 0 Å². The zero-order valence-electron chi connectivity index (χ0n) is 22.6. The van der Waals surface area contributed by atoms with Crippen molar-refractivity contribution in [2.75, 3.05) is 12.0 Å². The molecular formula is C35H34N2O2P+. The van der Waals surface area contributed by atoms with E-state index in [1.165, 1.54) is 15.9 Å². The first-order valence-corrected chi connectivity index (χ1v) is 15.4. The van der Waals surface area contributed by atoms with Crippen molar-refractivity contribution < 1.29 is 9.53 Å². The Labute approximate surface area is 237 Å². The monoisotopic (exact) mass is 545 g/mol. The fraction of sp³-hybridized carbons (Fsp3) is 0.114. The summed E-state index contributed by atoms with van der Waals surface area (Å²) >= 11 is 0. The van der Waals surface area contributed by atoms with Crippen LogP contribution >= 0.6 is 7.26 Å². The zero-order chi connectivity index (χ0) is 27.6. The summed E-state index contributed by atoms with van der Waals surface area (Å²) in [4.78, 5) is 14.0. The minimum absolute atomic E-state index is 0.289. The average molecular weight is 546 g/mol. The van der Waals surface area contributed by atoms with Crippen LogP contribution in [0.5, 0.6) is 0 Å². The molecule has 0 aliphatic carbocycles. The standard InChI is InChI=1S/C35H34N2O2P/c1-2-39-35(38)33(37-36-29-20-10-4-11-21-29)34(28-18-8-3-9-19-28)40(30-22-12-5-13-23-30,31-24-14-6-15-25-31)32-26-16-7-17-27-32/h3-27,33-34,36-37H,2H2,1H3/q+1/t33-,34-/m1/s1. The number of nitrogens with one attached hydrogen (secondary N) is 2. The molecule has 0 fully saturated rings. The molecular weight excluding hydrogens is 511 g/mol. The van der Waals surface area contributed by atoms with E-state index in [1.807, 2.05) is 73.7 Å². The molecule has 5 aromatic rings. The van der Waals surface area contributed by atoms with Gasteiger partial charge in [0.15, 0.2) is 6.04 Å². The van der Waals surface area contributed by atoms with Crippen LogP contribution in [0.2, 0.25) is 0 Å². The number of hydrazine groups is 1. The predicted molar refractivity (Wildman–Crippen MR) is 168 cm³/mol. The van der Waals surface area contributed by atoms with Crippen LogP contribution < -0.4 is 26.8 Å². The van der Waals surface area contributed by atoms with E-state index in [0.29, 0.717) is 0 Å². The summed E-state index contributed by atoms with van der Waals surface area (Å²) in [7, 11) is -2.54. The van der Waals surface area contributed by atoms with Crippen LogP contribution in [0.25, 0.3) is 0 Å². The summed E-state index contributed by atoms with van der Waals surface area (Å²) in [5, 5.41) is 3.58. The molecule has 0 aromatic heterocycles. The lowest BCUT2D eigenvalue weighted by molar-refractivity contribution is -0.145. The highest BCUT2D eigenvalue weighted by atomic mass is 31.2. The smallest absolute Gasteiger partial charge is 0.329 e. The predicted octanol–water partition coefficient (Wildman–Crippen LogP) is 6.27.